The topological polar surface area (TPSA) is 84.3 Å². The van der Waals surface area contributed by atoms with Gasteiger partial charge in [0.1, 0.15) is 0 Å². The average Bonchev–Trinajstić information content (AvgIpc) is 2.76. The number of benzene rings is 2. The molecule has 2 aromatic carbocycles. The molecule has 0 atom stereocenters. The van der Waals surface area contributed by atoms with Crippen molar-refractivity contribution in [3.05, 3.63) is 63.9 Å². The van der Waals surface area contributed by atoms with Crippen LogP contribution in [0.25, 0.3) is 16.6 Å². The van der Waals surface area contributed by atoms with Crippen molar-refractivity contribution in [1.29, 1.82) is 0 Å². The summed E-state index contributed by atoms with van der Waals surface area (Å²) in [5, 5.41) is 3.78. The van der Waals surface area contributed by atoms with E-state index >= 15 is 0 Å². The predicted molar refractivity (Wildman–Crippen MR) is 133 cm³/mol. The zero-order valence-electron chi connectivity index (χ0n) is 19.7. The highest BCUT2D eigenvalue weighted by Crippen LogP contribution is 2.25. The number of aryl methyl sites for hydroxylation is 2. The summed E-state index contributed by atoms with van der Waals surface area (Å²) in [5.74, 6) is -0.309. The van der Waals surface area contributed by atoms with Gasteiger partial charge in [0.2, 0.25) is 11.8 Å². The number of amides is 2. The minimum absolute atomic E-state index is 0.00291. The minimum Gasteiger partial charge on any atom is -0.352 e. The van der Waals surface area contributed by atoms with Crippen molar-refractivity contribution < 1.29 is 9.59 Å². The van der Waals surface area contributed by atoms with Crippen LogP contribution >= 0.6 is 11.8 Å². The van der Waals surface area contributed by atoms with E-state index in [9.17, 15) is 14.4 Å². The van der Waals surface area contributed by atoms with Crippen LogP contribution in [0.2, 0.25) is 0 Å². The lowest BCUT2D eigenvalue weighted by molar-refractivity contribution is -0.134. The summed E-state index contributed by atoms with van der Waals surface area (Å²) < 4.78 is 1.60. The third-order valence-corrected chi connectivity index (χ3v) is 6.17. The van der Waals surface area contributed by atoms with Gasteiger partial charge < -0.3 is 10.2 Å². The van der Waals surface area contributed by atoms with Crippen molar-refractivity contribution in [3.63, 3.8) is 0 Å². The molecular formula is C25H30N4O3S. The minimum atomic E-state index is -0.193. The molecule has 0 aliphatic carbocycles. The maximum absolute atomic E-state index is 13.5. The summed E-state index contributed by atoms with van der Waals surface area (Å²) in [6, 6.07) is 13.1. The summed E-state index contributed by atoms with van der Waals surface area (Å²) in [6.07, 6.45) is 0. The highest BCUT2D eigenvalue weighted by atomic mass is 32.2. The Bertz CT molecular complexity index is 1220. The van der Waals surface area contributed by atoms with Gasteiger partial charge in [-0.15, -0.1) is 0 Å². The van der Waals surface area contributed by atoms with Crippen LogP contribution < -0.4 is 10.9 Å². The number of para-hydroxylation sites is 2. The van der Waals surface area contributed by atoms with Gasteiger partial charge in [-0.2, -0.15) is 0 Å². The summed E-state index contributed by atoms with van der Waals surface area (Å²) in [5.41, 5.74) is 3.09. The molecule has 174 valence electrons. The molecule has 0 spiro atoms. The fourth-order valence-electron chi connectivity index (χ4n) is 3.70. The van der Waals surface area contributed by atoms with E-state index in [2.05, 4.69) is 5.32 Å². The molecular weight excluding hydrogens is 436 g/mol. The number of nitrogens with zero attached hydrogens (tertiary/aromatic N) is 3. The third kappa shape index (κ3) is 5.63. The molecule has 0 fully saturated rings. The number of carbonyl (C=O) groups is 2. The molecule has 1 aromatic heterocycles. The van der Waals surface area contributed by atoms with Gasteiger partial charge in [0.05, 0.1) is 28.9 Å². The lowest BCUT2D eigenvalue weighted by Gasteiger charge is -2.21. The Hall–Kier alpha value is -3.13. The molecule has 3 aromatic rings. The average molecular weight is 467 g/mol. The van der Waals surface area contributed by atoms with Gasteiger partial charge in [0.15, 0.2) is 5.16 Å². The largest absolute Gasteiger partial charge is 0.352 e. The number of carbonyl (C=O) groups excluding carboxylic acids is 2. The SMILES string of the molecule is CCN(CC(=O)NC(C)C)C(=O)CSc1nc2ccccc2c(=O)n1-c1c(C)cccc1C. The van der Waals surface area contributed by atoms with Gasteiger partial charge in [-0.3, -0.25) is 19.0 Å². The first-order valence-electron chi connectivity index (χ1n) is 11.0. The lowest BCUT2D eigenvalue weighted by atomic mass is 10.1. The molecule has 0 saturated heterocycles. The van der Waals surface area contributed by atoms with E-state index in [4.69, 9.17) is 4.98 Å². The van der Waals surface area contributed by atoms with Crippen LogP contribution in [-0.4, -0.2) is 51.1 Å². The summed E-state index contributed by atoms with van der Waals surface area (Å²) in [6.45, 7) is 9.92. The smallest absolute Gasteiger partial charge is 0.266 e. The van der Waals surface area contributed by atoms with Crippen LogP contribution in [0.3, 0.4) is 0 Å². The van der Waals surface area contributed by atoms with Crippen LogP contribution in [-0.2, 0) is 9.59 Å². The number of likely N-dealkylation sites (N-methyl/N-ethyl adjacent to an activating group) is 1. The number of fused-ring (bicyclic) bond motifs is 1. The Morgan fingerprint density at radius 2 is 1.76 bits per heavy atom. The van der Waals surface area contributed by atoms with Gasteiger partial charge in [-0.25, -0.2) is 4.98 Å². The van der Waals surface area contributed by atoms with Gasteiger partial charge >= 0.3 is 0 Å². The van der Waals surface area contributed by atoms with Gasteiger partial charge in [0.25, 0.3) is 5.56 Å². The molecule has 33 heavy (non-hydrogen) atoms. The number of rotatable bonds is 8. The monoisotopic (exact) mass is 466 g/mol. The molecule has 0 saturated carbocycles. The van der Waals surface area contributed by atoms with Gasteiger partial charge in [0, 0.05) is 12.6 Å². The first-order chi connectivity index (χ1) is 15.7. The molecule has 0 aliphatic heterocycles. The second-order valence-electron chi connectivity index (χ2n) is 8.21. The van der Waals surface area contributed by atoms with E-state index in [1.165, 1.54) is 16.7 Å². The molecule has 8 heteroatoms. The Morgan fingerprint density at radius 3 is 2.39 bits per heavy atom. The number of hydrogen-bond donors (Lipinski definition) is 1. The quantitative estimate of drug-likeness (QED) is 0.406. The lowest BCUT2D eigenvalue weighted by Crippen LogP contribution is -2.43. The number of aromatic nitrogens is 2. The molecule has 2 amide bonds. The van der Waals surface area contributed by atoms with Crippen molar-refractivity contribution in [2.45, 2.75) is 45.8 Å². The molecule has 1 heterocycles. The fraction of sp³-hybridized carbons (Fsp3) is 0.360. The zero-order chi connectivity index (χ0) is 24.1. The summed E-state index contributed by atoms with van der Waals surface area (Å²) in [4.78, 5) is 44.8. The molecule has 1 N–H and O–H groups in total. The van der Waals surface area contributed by atoms with Gasteiger partial charge in [-0.05, 0) is 57.9 Å². The van der Waals surface area contributed by atoms with Crippen LogP contribution in [0.5, 0.6) is 0 Å². The van der Waals surface area contributed by atoms with Crippen LogP contribution in [0, 0.1) is 13.8 Å². The molecule has 0 radical (unpaired) electrons. The summed E-state index contributed by atoms with van der Waals surface area (Å²) in [7, 11) is 0. The van der Waals surface area contributed by atoms with Crippen molar-refractivity contribution >= 4 is 34.5 Å². The fourth-order valence-corrected chi connectivity index (χ4v) is 4.60. The third-order valence-electron chi connectivity index (χ3n) is 5.25. The Morgan fingerprint density at radius 1 is 1.09 bits per heavy atom. The van der Waals surface area contributed by atoms with Crippen LogP contribution in [0.15, 0.2) is 52.4 Å². The van der Waals surface area contributed by atoms with Crippen molar-refractivity contribution in [2.75, 3.05) is 18.8 Å². The molecule has 0 bridgehead atoms. The number of hydrogen-bond acceptors (Lipinski definition) is 5. The highest BCUT2D eigenvalue weighted by Gasteiger charge is 2.20. The second-order valence-corrected chi connectivity index (χ2v) is 9.15. The number of thioether (sulfide) groups is 1. The zero-order valence-corrected chi connectivity index (χ0v) is 20.5. The van der Waals surface area contributed by atoms with Crippen molar-refractivity contribution in [3.8, 4) is 5.69 Å². The van der Waals surface area contributed by atoms with Crippen molar-refractivity contribution in [2.24, 2.45) is 0 Å². The maximum Gasteiger partial charge on any atom is 0.266 e. The molecule has 3 rings (SSSR count). The van der Waals surface area contributed by atoms with E-state index in [1.54, 1.807) is 16.7 Å². The van der Waals surface area contributed by atoms with Crippen molar-refractivity contribution in [1.82, 2.24) is 19.8 Å². The number of nitrogens with one attached hydrogen (secondary N) is 1. The van der Waals surface area contributed by atoms with E-state index in [1.807, 2.05) is 65.0 Å². The highest BCUT2D eigenvalue weighted by molar-refractivity contribution is 7.99. The predicted octanol–water partition coefficient (Wildman–Crippen LogP) is 3.47. The molecule has 7 nitrogen and oxygen atoms in total. The Kier molecular flexibility index (Phi) is 7.92. The van der Waals surface area contributed by atoms with Crippen LogP contribution in [0.4, 0.5) is 0 Å². The van der Waals surface area contributed by atoms with E-state index < -0.39 is 0 Å². The normalized spacial score (nSPS) is 11.1. The van der Waals surface area contributed by atoms with Crippen LogP contribution in [0.1, 0.15) is 31.9 Å². The van der Waals surface area contributed by atoms with E-state index in [0.29, 0.717) is 22.6 Å². The Labute approximate surface area is 198 Å². The molecule has 0 aliphatic rings. The first-order valence-corrected chi connectivity index (χ1v) is 12.0. The summed E-state index contributed by atoms with van der Waals surface area (Å²) >= 11 is 1.21. The molecule has 0 unspecified atom stereocenters. The van der Waals surface area contributed by atoms with Gasteiger partial charge in [-0.1, -0.05) is 42.1 Å². The van der Waals surface area contributed by atoms with E-state index in [0.717, 1.165) is 16.8 Å². The standard InChI is InChI=1S/C25H30N4O3S/c1-6-28(14-21(30)26-16(2)3)22(31)15-33-25-27-20-13-8-7-12-19(20)24(32)29(25)23-17(4)10-9-11-18(23)5/h7-13,16H,6,14-15H2,1-5H3,(H,26,30). The Balaban J connectivity index is 1.97. The maximum atomic E-state index is 13.5. The first kappa shape index (κ1) is 24.5. The second kappa shape index (κ2) is 10.7. The van der Waals surface area contributed by atoms with E-state index in [-0.39, 0.29) is 35.7 Å².